The molecular formula is C26H23ClN6O4. The summed E-state index contributed by atoms with van der Waals surface area (Å²) in [4.78, 5) is 48.7. The molecule has 0 atom stereocenters. The van der Waals surface area contributed by atoms with Crippen LogP contribution in [0.3, 0.4) is 0 Å². The van der Waals surface area contributed by atoms with Crippen LogP contribution in [0.1, 0.15) is 35.0 Å². The predicted molar refractivity (Wildman–Crippen MR) is 138 cm³/mol. The van der Waals surface area contributed by atoms with Crippen molar-refractivity contribution >= 4 is 34.9 Å². The zero-order chi connectivity index (χ0) is 26.4. The van der Waals surface area contributed by atoms with Crippen molar-refractivity contribution in [1.82, 2.24) is 19.5 Å². The van der Waals surface area contributed by atoms with Crippen LogP contribution < -0.4 is 21.3 Å². The highest BCUT2D eigenvalue weighted by Crippen LogP contribution is 2.23. The van der Waals surface area contributed by atoms with Crippen LogP contribution in [0.5, 0.6) is 11.6 Å². The summed E-state index contributed by atoms with van der Waals surface area (Å²) >= 11 is 6.00. The number of nitrogens with one attached hydrogen (secondary N) is 1. The van der Waals surface area contributed by atoms with Crippen LogP contribution in [0.15, 0.2) is 71.9 Å². The molecule has 4 rings (SSSR count). The highest BCUT2D eigenvalue weighted by molar-refractivity contribution is 6.30. The van der Waals surface area contributed by atoms with Crippen molar-refractivity contribution < 1.29 is 14.3 Å². The normalized spacial score (nSPS) is 10.6. The predicted octanol–water partition coefficient (Wildman–Crippen LogP) is 3.89. The van der Waals surface area contributed by atoms with Crippen LogP contribution in [-0.4, -0.2) is 31.2 Å². The Bertz CT molecular complexity index is 1470. The summed E-state index contributed by atoms with van der Waals surface area (Å²) in [5.74, 6) is 0.270. The highest BCUT2D eigenvalue weighted by Gasteiger charge is 2.14. The summed E-state index contributed by atoms with van der Waals surface area (Å²) in [6.07, 6.45) is 4.33. The van der Waals surface area contributed by atoms with Crippen molar-refractivity contribution in [3.63, 3.8) is 0 Å². The first-order valence-electron chi connectivity index (χ1n) is 11.3. The second kappa shape index (κ2) is 11.4. The smallest absolute Gasteiger partial charge is 0.268 e. The van der Waals surface area contributed by atoms with E-state index in [2.05, 4.69) is 20.3 Å². The molecule has 0 bridgehead atoms. The maximum atomic E-state index is 13.3. The van der Waals surface area contributed by atoms with Crippen molar-refractivity contribution in [3.05, 3.63) is 99.3 Å². The Labute approximate surface area is 217 Å². The summed E-state index contributed by atoms with van der Waals surface area (Å²) in [6, 6.07) is 14.0. The number of ether oxygens (including phenoxy) is 1. The molecule has 11 heteroatoms. The lowest BCUT2D eigenvalue weighted by Gasteiger charge is -2.15. The SMILES string of the molecule is CCC(=O)Cc1cnc(Nc2ccc(Oc3cnc(C(N)=O)cn3)cc2)n(Cc2ccc(Cl)cc2)c1=O. The molecule has 2 aromatic heterocycles. The van der Waals surface area contributed by atoms with Crippen LogP contribution in [0.25, 0.3) is 0 Å². The van der Waals surface area contributed by atoms with Crippen LogP contribution in [0.2, 0.25) is 5.02 Å². The number of carbonyl (C=O) groups excluding carboxylic acids is 2. The molecule has 4 aromatic rings. The molecule has 0 fully saturated rings. The van der Waals surface area contributed by atoms with Crippen LogP contribution >= 0.6 is 11.6 Å². The number of anilines is 2. The Kier molecular flexibility index (Phi) is 7.89. The molecule has 0 unspecified atom stereocenters. The van der Waals surface area contributed by atoms with Crippen molar-refractivity contribution in [2.24, 2.45) is 5.73 Å². The molecular weight excluding hydrogens is 496 g/mol. The third-order valence-corrected chi connectivity index (χ3v) is 5.62. The maximum absolute atomic E-state index is 13.3. The van der Waals surface area contributed by atoms with E-state index in [0.29, 0.717) is 34.4 Å². The van der Waals surface area contributed by atoms with Gasteiger partial charge in [0, 0.05) is 35.3 Å². The second-order valence-corrected chi connectivity index (χ2v) is 8.49. The van der Waals surface area contributed by atoms with Gasteiger partial charge >= 0.3 is 0 Å². The van der Waals surface area contributed by atoms with Gasteiger partial charge in [0.15, 0.2) is 0 Å². The average molecular weight is 519 g/mol. The van der Waals surface area contributed by atoms with E-state index in [-0.39, 0.29) is 35.9 Å². The Balaban J connectivity index is 1.56. The summed E-state index contributed by atoms with van der Waals surface area (Å²) in [6.45, 7) is 1.99. The van der Waals surface area contributed by atoms with Gasteiger partial charge in [0.2, 0.25) is 11.8 Å². The number of primary amides is 1. The van der Waals surface area contributed by atoms with Crippen molar-refractivity contribution in [2.75, 3.05) is 5.32 Å². The number of benzene rings is 2. The Hall–Kier alpha value is -4.57. The number of Topliss-reactive ketones (excluding diaryl/α,β-unsaturated/α-hetero) is 1. The number of nitrogens with zero attached hydrogens (tertiary/aromatic N) is 4. The molecule has 2 aromatic carbocycles. The number of nitrogens with two attached hydrogens (primary N) is 1. The third-order valence-electron chi connectivity index (χ3n) is 5.37. The van der Waals surface area contributed by atoms with Gasteiger partial charge in [-0.3, -0.25) is 19.0 Å². The van der Waals surface area contributed by atoms with Gasteiger partial charge in [0.05, 0.1) is 18.9 Å². The van der Waals surface area contributed by atoms with E-state index in [9.17, 15) is 14.4 Å². The average Bonchev–Trinajstić information content (AvgIpc) is 2.90. The number of hydrogen-bond acceptors (Lipinski definition) is 8. The van der Waals surface area contributed by atoms with Crippen LogP contribution in [0.4, 0.5) is 11.6 Å². The molecule has 0 saturated carbocycles. The van der Waals surface area contributed by atoms with Crippen molar-refractivity contribution in [2.45, 2.75) is 26.3 Å². The minimum atomic E-state index is -0.678. The van der Waals surface area contributed by atoms with E-state index in [4.69, 9.17) is 22.1 Å². The molecule has 1 amide bonds. The number of amides is 1. The first-order valence-corrected chi connectivity index (χ1v) is 11.7. The number of ketones is 1. The molecule has 10 nitrogen and oxygen atoms in total. The first kappa shape index (κ1) is 25.5. The molecule has 0 aliphatic heterocycles. The highest BCUT2D eigenvalue weighted by atomic mass is 35.5. The lowest BCUT2D eigenvalue weighted by Crippen LogP contribution is -2.28. The fourth-order valence-electron chi connectivity index (χ4n) is 3.36. The minimum Gasteiger partial charge on any atom is -0.438 e. The van der Waals surface area contributed by atoms with E-state index in [1.54, 1.807) is 43.3 Å². The second-order valence-electron chi connectivity index (χ2n) is 8.05. The Morgan fingerprint density at radius 1 is 1.00 bits per heavy atom. The van der Waals surface area contributed by atoms with Crippen molar-refractivity contribution in [1.29, 1.82) is 0 Å². The molecule has 3 N–H and O–H groups in total. The first-order chi connectivity index (χ1) is 17.8. The standard InChI is InChI=1S/C26H23ClN6O4/c1-2-20(34)11-17-12-31-26(33(25(17)36)15-16-3-5-18(27)6-4-16)32-19-7-9-21(10-8-19)37-23-14-29-22(13-30-23)24(28)35/h3-10,12-14H,2,11,15H2,1H3,(H2,28,35)(H,31,32). The largest absolute Gasteiger partial charge is 0.438 e. The molecule has 0 aliphatic carbocycles. The molecule has 37 heavy (non-hydrogen) atoms. The van der Waals surface area contributed by atoms with E-state index in [0.717, 1.165) is 5.56 Å². The monoisotopic (exact) mass is 518 g/mol. The topological polar surface area (TPSA) is 142 Å². The fourth-order valence-corrected chi connectivity index (χ4v) is 3.49. The summed E-state index contributed by atoms with van der Waals surface area (Å²) in [5, 5.41) is 3.75. The molecule has 0 spiro atoms. The lowest BCUT2D eigenvalue weighted by molar-refractivity contribution is -0.118. The zero-order valence-corrected chi connectivity index (χ0v) is 20.6. The molecule has 188 valence electrons. The van der Waals surface area contributed by atoms with Crippen LogP contribution in [-0.2, 0) is 17.8 Å². The van der Waals surface area contributed by atoms with Crippen molar-refractivity contribution in [3.8, 4) is 11.6 Å². The Morgan fingerprint density at radius 3 is 2.35 bits per heavy atom. The summed E-state index contributed by atoms with van der Waals surface area (Å²) in [7, 11) is 0. The third kappa shape index (κ3) is 6.56. The number of aromatic nitrogens is 4. The van der Waals surface area contributed by atoms with E-state index in [1.807, 2.05) is 12.1 Å². The van der Waals surface area contributed by atoms with Gasteiger partial charge in [-0.15, -0.1) is 0 Å². The van der Waals surface area contributed by atoms with Gasteiger partial charge in [0.25, 0.3) is 11.5 Å². The van der Waals surface area contributed by atoms with Gasteiger partial charge < -0.3 is 15.8 Å². The van der Waals surface area contributed by atoms with Gasteiger partial charge in [-0.25, -0.2) is 15.0 Å². The Morgan fingerprint density at radius 2 is 1.73 bits per heavy atom. The quantitative estimate of drug-likeness (QED) is 0.322. The summed E-state index contributed by atoms with van der Waals surface area (Å²) in [5.41, 5.74) is 6.73. The lowest BCUT2D eigenvalue weighted by atomic mass is 10.1. The number of rotatable bonds is 10. The zero-order valence-electron chi connectivity index (χ0n) is 19.8. The molecule has 0 saturated heterocycles. The van der Waals surface area contributed by atoms with Gasteiger partial charge in [-0.1, -0.05) is 30.7 Å². The van der Waals surface area contributed by atoms with Gasteiger partial charge in [-0.2, -0.15) is 0 Å². The summed E-state index contributed by atoms with van der Waals surface area (Å²) < 4.78 is 7.13. The molecule has 0 aliphatic rings. The van der Waals surface area contributed by atoms with Gasteiger partial charge in [-0.05, 0) is 42.0 Å². The van der Waals surface area contributed by atoms with Crippen LogP contribution in [0, 0.1) is 0 Å². The van der Waals surface area contributed by atoms with E-state index < -0.39 is 5.91 Å². The number of halogens is 1. The fraction of sp³-hybridized carbons (Fsp3) is 0.154. The number of hydrogen-bond donors (Lipinski definition) is 2. The molecule has 2 heterocycles. The number of carbonyl (C=O) groups is 2. The minimum absolute atomic E-state index is 0.0264. The van der Waals surface area contributed by atoms with Gasteiger partial charge in [0.1, 0.15) is 17.2 Å². The van der Waals surface area contributed by atoms with E-state index in [1.165, 1.54) is 23.2 Å². The maximum Gasteiger partial charge on any atom is 0.268 e. The van der Waals surface area contributed by atoms with E-state index >= 15 is 0 Å². The molecule has 0 radical (unpaired) electrons.